The average molecular weight is 389 g/mol. The maximum Gasteiger partial charge on any atom is 0.185 e. The first-order valence-electron chi connectivity index (χ1n) is 8.92. The van der Waals surface area contributed by atoms with Crippen molar-refractivity contribution >= 4 is 21.2 Å². The highest BCUT2D eigenvalue weighted by Crippen LogP contribution is 2.34. The zero-order valence-electron chi connectivity index (χ0n) is 16.0. The Hall–Kier alpha value is -1.65. The first kappa shape index (κ1) is 20.7. The number of thiophene rings is 1. The van der Waals surface area contributed by atoms with Gasteiger partial charge in [0.15, 0.2) is 9.84 Å². The van der Waals surface area contributed by atoms with Crippen LogP contribution in [0.25, 0.3) is 0 Å². The van der Waals surface area contributed by atoms with Gasteiger partial charge in [-0.2, -0.15) is 11.3 Å². The Morgan fingerprint density at radius 1 is 1.08 bits per heavy atom. The van der Waals surface area contributed by atoms with Crippen molar-refractivity contribution in [1.82, 2.24) is 0 Å². The van der Waals surface area contributed by atoms with Crippen LogP contribution in [0.15, 0.2) is 69.3 Å². The zero-order valence-corrected chi connectivity index (χ0v) is 17.7. The molecule has 4 heteroatoms. The predicted octanol–water partition coefficient (Wildman–Crippen LogP) is 6.65. The van der Waals surface area contributed by atoms with Gasteiger partial charge in [0.05, 0.1) is 10.1 Å². The molecule has 26 heavy (non-hydrogen) atoms. The summed E-state index contributed by atoms with van der Waals surface area (Å²) in [7, 11) is -3.42. The third-order valence-corrected chi connectivity index (χ3v) is 7.26. The summed E-state index contributed by atoms with van der Waals surface area (Å²) in [5.74, 6) is 0. The second-order valence-electron chi connectivity index (χ2n) is 7.01. The van der Waals surface area contributed by atoms with Crippen molar-refractivity contribution in [2.45, 2.75) is 57.1 Å². The van der Waals surface area contributed by atoms with E-state index in [0.717, 1.165) is 24.0 Å². The fraction of sp³-hybridized carbons (Fsp3) is 0.364. The van der Waals surface area contributed by atoms with Gasteiger partial charge in [0.25, 0.3) is 0 Å². The highest BCUT2D eigenvalue weighted by molar-refractivity contribution is 7.91. The van der Waals surface area contributed by atoms with Crippen LogP contribution in [0.1, 0.15) is 56.4 Å². The molecule has 0 radical (unpaired) electrons. The molecule has 0 N–H and O–H groups in total. The standard InChI is InChI=1S/C22H28O2S2/c1-17(2)6-5-7-18(3)10-13-22(20-14-15-25-16-20)26(23,24)21-11-8-19(4)9-12-21/h6,8-12,14-16,22H,5,7,13H2,1-4H3/b18-10+. The molecule has 0 saturated carbocycles. The van der Waals surface area contributed by atoms with E-state index in [-0.39, 0.29) is 0 Å². The van der Waals surface area contributed by atoms with Crippen LogP contribution in [0, 0.1) is 6.92 Å². The highest BCUT2D eigenvalue weighted by Gasteiger charge is 2.28. The molecule has 0 bridgehead atoms. The van der Waals surface area contributed by atoms with Crippen LogP contribution in [0.5, 0.6) is 0 Å². The molecular formula is C22H28O2S2. The highest BCUT2D eigenvalue weighted by atomic mass is 32.2. The Balaban J connectivity index is 2.24. The number of aryl methyl sites for hydroxylation is 1. The fourth-order valence-corrected chi connectivity index (χ4v) is 5.29. The third kappa shape index (κ3) is 5.68. The van der Waals surface area contributed by atoms with E-state index < -0.39 is 15.1 Å². The quantitative estimate of drug-likeness (QED) is 0.474. The molecule has 0 aliphatic heterocycles. The first-order valence-corrected chi connectivity index (χ1v) is 11.4. The van der Waals surface area contributed by atoms with Crippen LogP contribution in [0.2, 0.25) is 0 Å². The Morgan fingerprint density at radius 2 is 1.77 bits per heavy atom. The molecule has 2 nitrogen and oxygen atoms in total. The number of allylic oxidation sites excluding steroid dienone is 4. The van der Waals surface area contributed by atoms with Gasteiger partial charge in [-0.15, -0.1) is 0 Å². The van der Waals surface area contributed by atoms with Crippen molar-refractivity contribution in [3.05, 3.63) is 75.5 Å². The van der Waals surface area contributed by atoms with Gasteiger partial charge in [0.2, 0.25) is 0 Å². The largest absolute Gasteiger partial charge is 0.223 e. The van der Waals surface area contributed by atoms with Gasteiger partial charge < -0.3 is 0 Å². The lowest BCUT2D eigenvalue weighted by molar-refractivity contribution is 0.582. The van der Waals surface area contributed by atoms with E-state index in [1.54, 1.807) is 23.5 Å². The van der Waals surface area contributed by atoms with Crippen LogP contribution in [0.4, 0.5) is 0 Å². The Bertz CT molecular complexity index is 851. The van der Waals surface area contributed by atoms with Gasteiger partial charge in [-0.05, 0) is 81.5 Å². The maximum absolute atomic E-state index is 13.2. The van der Waals surface area contributed by atoms with Crippen molar-refractivity contribution in [3.63, 3.8) is 0 Å². The number of hydrogen-bond donors (Lipinski definition) is 0. The van der Waals surface area contributed by atoms with Gasteiger partial charge >= 0.3 is 0 Å². The van der Waals surface area contributed by atoms with Crippen molar-refractivity contribution in [3.8, 4) is 0 Å². The van der Waals surface area contributed by atoms with E-state index in [1.807, 2.05) is 35.9 Å². The van der Waals surface area contributed by atoms with Gasteiger partial charge in [-0.1, -0.05) is 41.0 Å². The predicted molar refractivity (Wildman–Crippen MR) is 112 cm³/mol. The van der Waals surface area contributed by atoms with E-state index in [9.17, 15) is 8.42 Å². The molecule has 1 atom stereocenters. The Labute approximate surface area is 162 Å². The van der Waals surface area contributed by atoms with E-state index in [4.69, 9.17) is 0 Å². The van der Waals surface area contributed by atoms with Crippen LogP contribution in [-0.2, 0) is 9.84 Å². The second-order valence-corrected chi connectivity index (χ2v) is 9.92. The number of hydrogen-bond acceptors (Lipinski definition) is 3. The molecule has 0 aliphatic rings. The Kier molecular flexibility index (Phi) is 7.42. The molecule has 0 fully saturated rings. The SMILES string of the molecule is CC(C)=CCC/C(C)=C/CC(c1ccsc1)S(=O)(=O)c1ccc(C)cc1. The maximum atomic E-state index is 13.2. The van der Waals surface area contributed by atoms with Crippen LogP contribution in [-0.4, -0.2) is 8.42 Å². The molecule has 1 unspecified atom stereocenters. The molecule has 1 aromatic carbocycles. The summed E-state index contributed by atoms with van der Waals surface area (Å²) in [6.07, 6.45) is 6.78. The third-order valence-electron chi connectivity index (χ3n) is 4.41. The summed E-state index contributed by atoms with van der Waals surface area (Å²) in [4.78, 5) is 0.398. The van der Waals surface area contributed by atoms with E-state index >= 15 is 0 Å². The van der Waals surface area contributed by atoms with E-state index in [2.05, 4.69) is 32.9 Å². The summed E-state index contributed by atoms with van der Waals surface area (Å²) >= 11 is 1.54. The van der Waals surface area contributed by atoms with Crippen LogP contribution < -0.4 is 0 Å². The van der Waals surface area contributed by atoms with Crippen molar-refractivity contribution in [2.75, 3.05) is 0 Å². The minimum absolute atomic E-state index is 0.398. The minimum atomic E-state index is -3.42. The molecule has 0 aliphatic carbocycles. The lowest BCUT2D eigenvalue weighted by Crippen LogP contribution is -2.13. The molecule has 0 amide bonds. The Morgan fingerprint density at radius 3 is 2.35 bits per heavy atom. The number of rotatable bonds is 8. The van der Waals surface area contributed by atoms with Crippen molar-refractivity contribution < 1.29 is 8.42 Å². The average Bonchev–Trinajstić information content (AvgIpc) is 3.09. The van der Waals surface area contributed by atoms with Crippen LogP contribution in [0.3, 0.4) is 0 Å². The fourth-order valence-electron chi connectivity index (χ4n) is 2.79. The van der Waals surface area contributed by atoms with Crippen molar-refractivity contribution in [1.29, 1.82) is 0 Å². The van der Waals surface area contributed by atoms with Gasteiger partial charge in [0.1, 0.15) is 0 Å². The van der Waals surface area contributed by atoms with Gasteiger partial charge in [-0.25, -0.2) is 8.42 Å². The molecule has 0 spiro atoms. The molecule has 0 saturated heterocycles. The molecule has 2 rings (SSSR count). The zero-order chi connectivity index (χ0) is 19.2. The van der Waals surface area contributed by atoms with Crippen LogP contribution >= 0.6 is 11.3 Å². The second kappa shape index (κ2) is 9.33. The molecular weight excluding hydrogens is 360 g/mol. The van der Waals surface area contributed by atoms with E-state index in [0.29, 0.717) is 11.3 Å². The summed E-state index contributed by atoms with van der Waals surface area (Å²) in [5.41, 5.74) is 4.49. The summed E-state index contributed by atoms with van der Waals surface area (Å²) in [6, 6.07) is 9.08. The molecule has 2 aromatic rings. The topological polar surface area (TPSA) is 34.1 Å². The summed E-state index contributed by atoms with van der Waals surface area (Å²) in [5, 5.41) is 3.36. The monoisotopic (exact) mass is 388 g/mol. The molecule has 140 valence electrons. The smallest absolute Gasteiger partial charge is 0.185 e. The van der Waals surface area contributed by atoms with Gasteiger partial charge in [0, 0.05) is 0 Å². The first-order chi connectivity index (χ1) is 12.3. The minimum Gasteiger partial charge on any atom is -0.223 e. The number of sulfone groups is 1. The normalized spacial score (nSPS) is 13.5. The summed E-state index contributed by atoms with van der Waals surface area (Å²) in [6.45, 7) is 8.24. The lowest BCUT2D eigenvalue weighted by Gasteiger charge is -2.16. The molecule has 1 heterocycles. The number of benzene rings is 1. The van der Waals surface area contributed by atoms with Crippen molar-refractivity contribution in [2.24, 2.45) is 0 Å². The summed E-state index contributed by atoms with van der Waals surface area (Å²) < 4.78 is 26.4. The lowest BCUT2D eigenvalue weighted by atomic mass is 10.1. The molecule has 1 aromatic heterocycles. The van der Waals surface area contributed by atoms with E-state index in [1.165, 1.54) is 11.1 Å². The van der Waals surface area contributed by atoms with Gasteiger partial charge in [-0.3, -0.25) is 0 Å².